The summed E-state index contributed by atoms with van der Waals surface area (Å²) in [5.74, 6) is 0.701. The molecule has 184 valence electrons. The summed E-state index contributed by atoms with van der Waals surface area (Å²) < 4.78 is 32.0. The topological polar surface area (TPSA) is 36.0 Å². The number of halogens is 2. The minimum absolute atomic E-state index is 0.0219. The van der Waals surface area contributed by atoms with Crippen molar-refractivity contribution in [2.45, 2.75) is 6.54 Å². The molecule has 0 radical (unpaired) electrons. The number of anilines is 1. The maximum Gasteiger partial charge on any atom is 0.255 e. The van der Waals surface area contributed by atoms with E-state index in [9.17, 15) is 13.6 Å². The van der Waals surface area contributed by atoms with Gasteiger partial charge in [0, 0.05) is 51.2 Å². The highest BCUT2D eigenvalue weighted by Crippen LogP contribution is 2.26. The van der Waals surface area contributed by atoms with Gasteiger partial charge in [-0.05, 0) is 66.2 Å². The van der Waals surface area contributed by atoms with Crippen molar-refractivity contribution in [2.24, 2.45) is 0 Å². The average Bonchev–Trinajstić information content (AvgIpc) is 2.92. The number of piperazine rings is 1. The number of hydrogen-bond donors (Lipinski definition) is 0. The van der Waals surface area contributed by atoms with E-state index in [1.165, 1.54) is 24.3 Å². The Balaban J connectivity index is 1.17. The van der Waals surface area contributed by atoms with Gasteiger partial charge < -0.3 is 14.5 Å². The molecular weight excluding hydrogens is 460 g/mol. The van der Waals surface area contributed by atoms with Crippen LogP contribution in [-0.4, -0.2) is 48.4 Å². The second-order valence-corrected chi connectivity index (χ2v) is 8.88. The molecule has 5 nitrogen and oxygen atoms in total. The van der Waals surface area contributed by atoms with E-state index < -0.39 is 0 Å². The number of carbonyl (C=O) groups excluding carboxylic acids is 1. The Morgan fingerprint density at radius 2 is 1.36 bits per heavy atom. The molecule has 2 aliphatic rings. The molecule has 0 unspecified atom stereocenters. The van der Waals surface area contributed by atoms with Crippen LogP contribution >= 0.6 is 0 Å². The summed E-state index contributed by atoms with van der Waals surface area (Å²) >= 11 is 0. The average molecular weight is 488 g/mol. The first-order chi connectivity index (χ1) is 17.5. The minimum Gasteiger partial charge on any atom is -0.457 e. The number of ether oxygens (including phenoxy) is 1. The lowest BCUT2D eigenvalue weighted by Gasteiger charge is -2.35. The number of amides is 1. The van der Waals surface area contributed by atoms with E-state index in [-0.39, 0.29) is 17.5 Å². The van der Waals surface area contributed by atoms with Crippen LogP contribution in [-0.2, 0) is 11.3 Å². The Morgan fingerprint density at radius 1 is 0.778 bits per heavy atom. The van der Waals surface area contributed by atoms with E-state index in [1.807, 2.05) is 52.4 Å². The van der Waals surface area contributed by atoms with Crippen molar-refractivity contribution in [1.29, 1.82) is 0 Å². The molecule has 0 N–H and O–H groups in total. The normalized spacial score (nSPS) is 16.1. The van der Waals surface area contributed by atoms with Crippen LogP contribution in [0, 0.1) is 11.6 Å². The molecule has 0 aromatic heterocycles. The van der Waals surface area contributed by atoms with Gasteiger partial charge in [0.25, 0.3) is 5.91 Å². The highest BCUT2D eigenvalue weighted by atomic mass is 19.1. The van der Waals surface area contributed by atoms with Crippen LogP contribution in [0.4, 0.5) is 14.5 Å². The predicted molar refractivity (Wildman–Crippen MR) is 136 cm³/mol. The first-order valence-electron chi connectivity index (χ1n) is 12.0. The second kappa shape index (κ2) is 10.7. The summed E-state index contributed by atoms with van der Waals surface area (Å²) in [7, 11) is 0. The first-order valence-corrected chi connectivity index (χ1v) is 12.0. The Hall–Kier alpha value is -3.97. The SMILES string of the molecule is O=C(C1=CN(c2ccc(Oc3ccc(F)cc3)cc2)CC=C1)N1CCN(Cc2ccc(F)cc2)CC1. The fourth-order valence-corrected chi connectivity index (χ4v) is 4.35. The number of rotatable bonds is 6. The number of nitrogens with zero attached hydrogens (tertiary/aromatic N) is 3. The van der Waals surface area contributed by atoms with Crippen LogP contribution in [0.3, 0.4) is 0 Å². The molecule has 1 amide bonds. The van der Waals surface area contributed by atoms with Crippen LogP contribution in [0.2, 0.25) is 0 Å². The van der Waals surface area contributed by atoms with E-state index in [2.05, 4.69) is 4.90 Å². The second-order valence-electron chi connectivity index (χ2n) is 8.88. The van der Waals surface area contributed by atoms with Gasteiger partial charge in [-0.2, -0.15) is 0 Å². The smallest absolute Gasteiger partial charge is 0.255 e. The lowest BCUT2D eigenvalue weighted by Crippen LogP contribution is -2.48. The Morgan fingerprint density at radius 3 is 2.00 bits per heavy atom. The summed E-state index contributed by atoms with van der Waals surface area (Å²) in [6.07, 6.45) is 5.76. The summed E-state index contributed by atoms with van der Waals surface area (Å²) in [5.41, 5.74) is 2.67. The summed E-state index contributed by atoms with van der Waals surface area (Å²) in [4.78, 5) is 19.4. The first kappa shape index (κ1) is 23.8. The van der Waals surface area contributed by atoms with Crippen LogP contribution in [0.15, 0.2) is 96.7 Å². The monoisotopic (exact) mass is 487 g/mol. The zero-order valence-corrected chi connectivity index (χ0v) is 19.8. The molecule has 2 aliphatic heterocycles. The largest absolute Gasteiger partial charge is 0.457 e. The van der Waals surface area contributed by atoms with Crippen molar-refractivity contribution in [1.82, 2.24) is 9.80 Å². The standard InChI is InChI=1S/C29H27F2N3O2/c30-24-5-3-22(4-6-24)20-32-16-18-33(19-17-32)29(35)23-2-1-15-34(21-23)26-9-13-28(14-10-26)36-27-11-7-25(31)8-12-27/h1-14,21H,15-20H2. The van der Waals surface area contributed by atoms with E-state index in [4.69, 9.17) is 4.74 Å². The molecule has 0 spiro atoms. The maximum absolute atomic E-state index is 13.2. The zero-order valence-electron chi connectivity index (χ0n) is 19.8. The van der Waals surface area contributed by atoms with Gasteiger partial charge in [-0.1, -0.05) is 24.3 Å². The molecule has 0 saturated carbocycles. The molecule has 1 fully saturated rings. The molecule has 0 aliphatic carbocycles. The molecule has 3 aromatic carbocycles. The van der Waals surface area contributed by atoms with E-state index in [0.717, 1.165) is 30.9 Å². The van der Waals surface area contributed by atoms with Crippen molar-refractivity contribution >= 4 is 11.6 Å². The summed E-state index contributed by atoms with van der Waals surface area (Å²) in [6.45, 7) is 4.28. The van der Waals surface area contributed by atoms with Gasteiger partial charge in [0.05, 0.1) is 5.57 Å². The number of hydrogen-bond acceptors (Lipinski definition) is 4. The van der Waals surface area contributed by atoms with Crippen LogP contribution < -0.4 is 9.64 Å². The van der Waals surface area contributed by atoms with Gasteiger partial charge in [0.2, 0.25) is 0 Å². The third-order valence-corrected chi connectivity index (χ3v) is 6.34. The van der Waals surface area contributed by atoms with Crippen LogP contribution in [0.25, 0.3) is 0 Å². The molecule has 36 heavy (non-hydrogen) atoms. The third-order valence-electron chi connectivity index (χ3n) is 6.34. The Labute approximate surface area is 209 Å². The van der Waals surface area contributed by atoms with Gasteiger partial charge in [-0.3, -0.25) is 9.69 Å². The lowest BCUT2D eigenvalue weighted by molar-refractivity contribution is -0.128. The fraction of sp³-hybridized carbons (Fsp3) is 0.207. The lowest BCUT2D eigenvalue weighted by atomic mass is 10.1. The highest BCUT2D eigenvalue weighted by molar-refractivity contribution is 5.97. The van der Waals surface area contributed by atoms with Crippen molar-refractivity contribution in [3.63, 3.8) is 0 Å². The van der Waals surface area contributed by atoms with E-state index in [0.29, 0.717) is 36.7 Å². The third kappa shape index (κ3) is 5.80. The van der Waals surface area contributed by atoms with Gasteiger partial charge in [-0.15, -0.1) is 0 Å². The van der Waals surface area contributed by atoms with Gasteiger partial charge in [0.1, 0.15) is 23.1 Å². The van der Waals surface area contributed by atoms with E-state index in [1.54, 1.807) is 24.3 Å². The molecule has 0 bridgehead atoms. The molecular formula is C29H27F2N3O2. The quantitative estimate of drug-likeness (QED) is 0.469. The van der Waals surface area contributed by atoms with Crippen molar-refractivity contribution in [3.8, 4) is 11.5 Å². The molecule has 1 saturated heterocycles. The molecule has 5 rings (SSSR count). The van der Waals surface area contributed by atoms with Crippen molar-refractivity contribution < 1.29 is 18.3 Å². The predicted octanol–water partition coefficient (Wildman–Crippen LogP) is 5.36. The fourth-order valence-electron chi connectivity index (χ4n) is 4.35. The maximum atomic E-state index is 13.2. The number of benzene rings is 3. The molecule has 7 heteroatoms. The Bertz CT molecular complexity index is 1250. The minimum atomic E-state index is -0.306. The van der Waals surface area contributed by atoms with Crippen molar-refractivity contribution in [2.75, 3.05) is 37.6 Å². The van der Waals surface area contributed by atoms with Crippen molar-refractivity contribution in [3.05, 3.63) is 114 Å². The molecule has 2 heterocycles. The molecule has 0 atom stereocenters. The van der Waals surface area contributed by atoms with Crippen LogP contribution in [0.5, 0.6) is 11.5 Å². The van der Waals surface area contributed by atoms with E-state index >= 15 is 0 Å². The van der Waals surface area contributed by atoms with Gasteiger partial charge in [0.15, 0.2) is 0 Å². The Kier molecular flexibility index (Phi) is 7.09. The summed E-state index contributed by atoms with van der Waals surface area (Å²) in [5, 5.41) is 0. The zero-order chi connectivity index (χ0) is 24.9. The molecule has 3 aromatic rings. The summed E-state index contributed by atoms with van der Waals surface area (Å²) in [6, 6.07) is 20.0. The van der Waals surface area contributed by atoms with Gasteiger partial charge in [-0.25, -0.2) is 8.78 Å². The van der Waals surface area contributed by atoms with Gasteiger partial charge >= 0.3 is 0 Å². The number of carbonyl (C=O) groups is 1. The van der Waals surface area contributed by atoms with Crippen LogP contribution in [0.1, 0.15) is 5.56 Å². The highest BCUT2D eigenvalue weighted by Gasteiger charge is 2.24.